The first-order valence-corrected chi connectivity index (χ1v) is 2.26. The van der Waals surface area contributed by atoms with Gasteiger partial charge in [0.05, 0.1) is 0 Å². The number of hydrogen-bond acceptors (Lipinski definition) is 2. The second-order valence-corrected chi connectivity index (χ2v) is 1.44. The molecule has 0 aromatic heterocycles. The summed E-state index contributed by atoms with van der Waals surface area (Å²) in [6, 6.07) is 0. The number of hydrogen-bond donors (Lipinski definition) is 1. The van der Waals surface area contributed by atoms with E-state index in [4.69, 9.17) is 5.11 Å². The quantitative estimate of drug-likeness (QED) is 0.533. The van der Waals surface area contributed by atoms with E-state index in [0.29, 0.717) is 6.42 Å². The van der Waals surface area contributed by atoms with Gasteiger partial charge in [0.15, 0.2) is 0 Å². The lowest BCUT2D eigenvalue weighted by atomic mass is 10.4. The zero-order valence-electron chi connectivity index (χ0n) is 4.16. The number of aliphatic imine (C=N–C) groups is 1. The van der Waals surface area contributed by atoms with Crippen molar-refractivity contribution in [1.29, 1.82) is 0 Å². The van der Waals surface area contributed by atoms with E-state index in [1.807, 2.05) is 0 Å². The number of carboxylic acids is 1. The summed E-state index contributed by atoms with van der Waals surface area (Å²) in [5.41, 5.74) is 0.157. The Labute approximate surface area is 46.4 Å². The van der Waals surface area contributed by atoms with E-state index in [1.165, 1.54) is 0 Å². The molecule has 0 atom stereocenters. The molecule has 0 spiro atoms. The Bertz CT molecular complexity index is 169. The molecule has 3 heteroatoms. The molecule has 1 aliphatic rings. The molecule has 0 aliphatic carbocycles. The summed E-state index contributed by atoms with van der Waals surface area (Å²) in [6.07, 6.45) is 3.80. The summed E-state index contributed by atoms with van der Waals surface area (Å²) in [7, 11) is 0. The van der Waals surface area contributed by atoms with Gasteiger partial charge in [-0.25, -0.2) is 4.79 Å². The van der Waals surface area contributed by atoms with Gasteiger partial charge in [0.25, 0.3) is 0 Å². The van der Waals surface area contributed by atoms with E-state index in [2.05, 4.69) is 4.99 Å². The molecule has 8 heavy (non-hydrogen) atoms. The lowest BCUT2D eigenvalue weighted by Crippen LogP contribution is -1.94. The summed E-state index contributed by atoms with van der Waals surface area (Å²) in [6.45, 7) is 0. The van der Waals surface area contributed by atoms with Gasteiger partial charge in [-0.3, -0.25) is 4.99 Å². The van der Waals surface area contributed by atoms with Gasteiger partial charge in [-0.1, -0.05) is 0 Å². The van der Waals surface area contributed by atoms with Gasteiger partial charge in [0.1, 0.15) is 5.70 Å². The molecule has 0 fully saturated rings. The molecule has 3 nitrogen and oxygen atoms in total. The lowest BCUT2D eigenvalue weighted by molar-refractivity contribution is -0.132. The monoisotopic (exact) mass is 111 g/mol. The highest BCUT2D eigenvalue weighted by Gasteiger charge is 2.05. The minimum Gasteiger partial charge on any atom is -0.477 e. The Balaban J connectivity index is 2.72. The van der Waals surface area contributed by atoms with Crippen molar-refractivity contribution in [3.63, 3.8) is 0 Å². The van der Waals surface area contributed by atoms with Crippen LogP contribution in [0, 0.1) is 0 Å². The zero-order valence-corrected chi connectivity index (χ0v) is 4.16. The maximum atomic E-state index is 10.0. The number of allylic oxidation sites excluding steroid dienone is 1. The Hall–Kier alpha value is -1.12. The zero-order chi connectivity index (χ0) is 5.98. The topological polar surface area (TPSA) is 49.7 Å². The predicted molar refractivity (Wildman–Crippen MR) is 28.8 cm³/mol. The number of carbonyl (C=O) groups is 1. The average molecular weight is 111 g/mol. The highest BCUT2D eigenvalue weighted by molar-refractivity contribution is 5.90. The summed E-state index contributed by atoms with van der Waals surface area (Å²) in [4.78, 5) is 13.6. The van der Waals surface area contributed by atoms with Gasteiger partial charge in [0, 0.05) is 12.6 Å². The van der Waals surface area contributed by atoms with E-state index in [1.54, 1.807) is 12.3 Å². The molecule has 1 rings (SSSR count). The van der Waals surface area contributed by atoms with E-state index in [-0.39, 0.29) is 5.70 Å². The Morgan fingerprint density at radius 2 is 2.62 bits per heavy atom. The highest BCUT2D eigenvalue weighted by atomic mass is 16.4. The van der Waals surface area contributed by atoms with Crippen molar-refractivity contribution in [1.82, 2.24) is 0 Å². The second kappa shape index (κ2) is 1.78. The van der Waals surface area contributed by atoms with Crippen molar-refractivity contribution < 1.29 is 9.90 Å². The van der Waals surface area contributed by atoms with Crippen LogP contribution in [0.4, 0.5) is 0 Å². The van der Waals surface area contributed by atoms with Crippen LogP contribution in [0.2, 0.25) is 0 Å². The highest BCUT2D eigenvalue weighted by Crippen LogP contribution is 2.03. The third-order valence-corrected chi connectivity index (χ3v) is 0.866. The number of rotatable bonds is 1. The van der Waals surface area contributed by atoms with Crippen molar-refractivity contribution in [3.05, 3.63) is 11.8 Å². The molecule has 0 unspecified atom stereocenters. The Morgan fingerprint density at radius 3 is 2.88 bits per heavy atom. The summed E-state index contributed by atoms with van der Waals surface area (Å²) >= 11 is 0. The van der Waals surface area contributed by atoms with Crippen molar-refractivity contribution >= 4 is 12.2 Å². The molecular weight excluding hydrogens is 106 g/mol. The Morgan fingerprint density at radius 1 is 1.88 bits per heavy atom. The SMILES string of the molecule is O=C(O)C1=CCC=N1. The average Bonchev–Trinajstić information content (AvgIpc) is 2.12. The maximum Gasteiger partial charge on any atom is 0.354 e. The van der Waals surface area contributed by atoms with Crippen LogP contribution in [0.3, 0.4) is 0 Å². The Kier molecular flexibility index (Phi) is 1.12. The first-order valence-electron chi connectivity index (χ1n) is 2.26. The molecule has 1 heterocycles. The van der Waals surface area contributed by atoms with Gasteiger partial charge in [-0.15, -0.1) is 0 Å². The minimum atomic E-state index is -0.946. The normalized spacial score (nSPS) is 16.2. The van der Waals surface area contributed by atoms with Crippen LogP contribution < -0.4 is 0 Å². The van der Waals surface area contributed by atoms with Crippen LogP contribution in [-0.2, 0) is 4.79 Å². The van der Waals surface area contributed by atoms with E-state index >= 15 is 0 Å². The van der Waals surface area contributed by atoms with E-state index in [0.717, 1.165) is 0 Å². The number of carboxylic acid groups (broad SMARTS) is 1. The summed E-state index contributed by atoms with van der Waals surface area (Å²) in [5.74, 6) is -0.946. The van der Waals surface area contributed by atoms with E-state index < -0.39 is 5.97 Å². The molecule has 0 aromatic carbocycles. The van der Waals surface area contributed by atoms with Crippen molar-refractivity contribution in [2.24, 2.45) is 4.99 Å². The molecule has 0 aromatic rings. The first-order chi connectivity index (χ1) is 3.80. The molecule has 0 saturated heterocycles. The summed E-state index contributed by atoms with van der Waals surface area (Å²) in [5, 5.41) is 8.23. The molecule has 0 bridgehead atoms. The van der Waals surface area contributed by atoms with Crippen LogP contribution in [0.15, 0.2) is 16.8 Å². The molecule has 0 radical (unpaired) electrons. The molecule has 42 valence electrons. The third-order valence-electron chi connectivity index (χ3n) is 0.866. The predicted octanol–water partition coefficient (Wildman–Crippen LogP) is 0.429. The van der Waals surface area contributed by atoms with Crippen LogP contribution in [0.1, 0.15) is 6.42 Å². The van der Waals surface area contributed by atoms with Crippen LogP contribution in [0.5, 0.6) is 0 Å². The fourth-order valence-corrected chi connectivity index (χ4v) is 0.511. The maximum absolute atomic E-state index is 10.0. The number of aliphatic carboxylic acids is 1. The fourth-order valence-electron chi connectivity index (χ4n) is 0.511. The van der Waals surface area contributed by atoms with Gasteiger partial charge in [-0.05, 0) is 6.08 Å². The van der Waals surface area contributed by atoms with Crippen molar-refractivity contribution in [2.75, 3.05) is 0 Å². The standard InChI is InChI=1S/C5H5NO2/c7-5(8)4-2-1-3-6-4/h2-3H,1H2,(H,7,8). The van der Waals surface area contributed by atoms with Crippen LogP contribution in [-0.4, -0.2) is 17.3 Å². The van der Waals surface area contributed by atoms with Crippen LogP contribution >= 0.6 is 0 Å². The number of nitrogens with zero attached hydrogens (tertiary/aromatic N) is 1. The van der Waals surface area contributed by atoms with E-state index in [9.17, 15) is 4.79 Å². The van der Waals surface area contributed by atoms with Crippen molar-refractivity contribution in [2.45, 2.75) is 6.42 Å². The molecule has 0 saturated carbocycles. The lowest BCUT2D eigenvalue weighted by Gasteiger charge is -1.82. The first kappa shape index (κ1) is 5.03. The van der Waals surface area contributed by atoms with Gasteiger partial charge < -0.3 is 5.11 Å². The van der Waals surface area contributed by atoms with Crippen molar-refractivity contribution in [3.8, 4) is 0 Å². The molecule has 0 amide bonds. The largest absolute Gasteiger partial charge is 0.477 e. The minimum absolute atomic E-state index is 0.157. The van der Waals surface area contributed by atoms with Gasteiger partial charge in [-0.2, -0.15) is 0 Å². The second-order valence-electron chi connectivity index (χ2n) is 1.44. The third kappa shape index (κ3) is 0.753. The smallest absolute Gasteiger partial charge is 0.354 e. The summed E-state index contributed by atoms with van der Waals surface area (Å²) < 4.78 is 0. The molecule has 1 aliphatic heterocycles. The molecular formula is C5H5NO2. The van der Waals surface area contributed by atoms with Crippen LogP contribution in [0.25, 0.3) is 0 Å². The molecule has 1 N–H and O–H groups in total. The fraction of sp³-hybridized carbons (Fsp3) is 0.200. The van der Waals surface area contributed by atoms with Gasteiger partial charge >= 0.3 is 5.97 Å². The van der Waals surface area contributed by atoms with Gasteiger partial charge in [0.2, 0.25) is 0 Å².